The minimum absolute atomic E-state index is 0.124. The first-order chi connectivity index (χ1) is 70.9. The van der Waals surface area contributed by atoms with E-state index in [9.17, 15) is 137 Å². The van der Waals surface area contributed by atoms with Gasteiger partial charge in [0.1, 0.15) is 201 Å². The molecule has 9 saturated heterocycles. The summed E-state index contributed by atoms with van der Waals surface area (Å²) in [5, 5.41) is 283. The van der Waals surface area contributed by atoms with E-state index >= 15 is 0 Å². The van der Waals surface area contributed by atoms with Crippen molar-refractivity contribution >= 4 is 17.7 Å². The van der Waals surface area contributed by atoms with Crippen molar-refractivity contribution < 1.29 is 222 Å². The third-order valence-electron chi connectivity index (χ3n) is 29.1. The van der Waals surface area contributed by atoms with Crippen molar-refractivity contribution in [2.24, 2.45) is 0 Å². The highest BCUT2D eigenvalue weighted by Crippen LogP contribution is 2.43. The van der Waals surface area contributed by atoms with Gasteiger partial charge in [0.05, 0.1) is 76.7 Å². The van der Waals surface area contributed by atoms with Gasteiger partial charge in [-0.1, -0.05) is 192 Å². The number of hydrogen-bond donors (Lipinski definition) is 27. The van der Waals surface area contributed by atoms with Gasteiger partial charge >= 0.3 is 0 Å². The summed E-state index contributed by atoms with van der Waals surface area (Å²) in [4.78, 5) is 41.4. The first-order valence-electron chi connectivity index (χ1n) is 53.7. The Hall–Kier alpha value is -3.79. The monoisotopic (exact) mass is 2140 g/mol. The van der Waals surface area contributed by atoms with Crippen molar-refractivity contribution in [3.05, 3.63) is 24.3 Å². The molecule has 47 atom stereocenters. The minimum atomic E-state index is -2.56. The minimum Gasteiger partial charge on any atom is -0.394 e. The number of carbonyl (C=O) groups excluding carboxylic acids is 3. The second kappa shape index (κ2) is 65.5. The maximum atomic E-state index is 13.9. The summed E-state index contributed by atoms with van der Waals surface area (Å²) in [6.45, 7) is 2.67. The molecule has 9 aliphatic heterocycles. The van der Waals surface area contributed by atoms with Gasteiger partial charge in [0.15, 0.2) is 56.6 Å². The fraction of sp³-hybridized carbons (Fsp3) is 0.930. The van der Waals surface area contributed by atoms with Crippen LogP contribution in [-0.4, -0.2) is 475 Å². The van der Waals surface area contributed by atoms with Crippen molar-refractivity contribution in [2.75, 3.05) is 46.2 Å². The molecule has 9 aliphatic rings. The van der Waals surface area contributed by atoms with E-state index in [0.29, 0.717) is 12.8 Å². The summed E-state index contributed by atoms with van der Waals surface area (Å²) in [5.74, 6) is -2.41. The summed E-state index contributed by atoms with van der Waals surface area (Å²) in [7, 11) is 0. The number of aliphatic hydroxyl groups excluding tert-OH is 24. The van der Waals surface area contributed by atoms with E-state index in [1.165, 1.54) is 130 Å². The third kappa shape index (κ3) is 36.4. The highest BCUT2D eigenvalue weighted by molar-refractivity contribution is 5.76. The van der Waals surface area contributed by atoms with Crippen molar-refractivity contribution in [1.82, 2.24) is 16.0 Å². The molecule has 148 heavy (non-hydrogen) atoms. The zero-order valence-corrected chi connectivity index (χ0v) is 86.3. The molecular formula is C100H177N3O45. The van der Waals surface area contributed by atoms with E-state index in [0.717, 1.165) is 90.9 Å². The molecule has 0 spiro atoms. The van der Waals surface area contributed by atoms with Crippen LogP contribution in [0.4, 0.5) is 0 Å². The van der Waals surface area contributed by atoms with Crippen molar-refractivity contribution in [2.45, 2.75) is 542 Å². The molecule has 0 radical (unpaired) electrons. The Morgan fingerprint density at radius 2 is 0.561 bits per heavy atom. The Kier molecular flexibility index (Phi) is 56.5. The Bertz CT molecular complexity index is 3720. The van der Waals surface area contributed by atoms with Crippen LogP contribution in [-0.2, 0) is 99.6 Å². The van der Waals surface area contributed by atoms with Gasteiger partial charge in [-0.25, -0.2) is 0 Å². The predicted octanol–water partition coefficient (Wildman–Crippen LogP) is -3.75. The molecular weight excluding hydrogens is 1960 g/mol. The number of aliphatic hydroxyl groups is 24. The van der Waals surface area contributed by atoms with Crippen LogP contribution >= 0.6 is 0 Å². The highest BCUT2D eigenvalue weighted by atomic mass is 16.8. The van der Waals surface area contributed by atoms with E-state index in [2.05, 4.69) is 41.9 Å². The standard InChI is InChI=1S/C100H177N3O45/c1-8-10-12-14-16-18-20-22-23-24-25-26-27-28-29-31-33-35-37-39-41-43-64(113)103-56(57(112)42-40-38-36-34-32-30-21-19-17-15-13-11-9-2)50-131-94-81(128)77(124)84(61(47-107)140-94)141-98-82(129)89(71(118)59(45-105)135-98)146-92-65(101-54(6)110)87(85(62(48-108)138-92)142-95-78(125)73(120)67(114)51(3)132-95)145-99-83(130)90(72(119)60(46-106)136-99)147-93-66(102-55(7)111)88(144-96-79(126)74(121)68(115)52(4)133-96)86(63(49-109)139-93)143-100-91(76(123)70(117)58(44-104)137-100)148-97-80(127)75(122)69(116)53(5)134-97/h22-23,40,42,51-53,56-63,65-100,104-109,112,114-130H,8-21,24-39,41,43-50H2,1-7H3,(H,101,110)(H,102,111)(H,103,113)/b23-22-,42-40+/t51?,52?,53?,56-,57+,58?,59?,60?,61?,62?,63?,65?,66?,67+,68+,69+,70-,71-,72-,73?,74?,75?,76-,77+,78-,79-,80-,81?,82?,83?,84+,85+,86+,87+,88+,89-,90-,91?,92-,93-,94+,95+,96+,97+,98-,99-,100-/m0/s1. The lowest BCUT2D eigenvalue weighted by molar-refractivity contribution is -0.404. The molecule has 0 saturated carbocycles. The van der Waals surface area contributed by atoms with Gasteiger partial charge in [0, 0.05) is 20.3 Å². The number of amides is 3. The molecule has 3 amide bonds. The Morgan fingerprint density at radius 1 is 0.277 bits per heavy atom. The summed E-state index contributed by atoms with van der Waals surface area (Å²) in [6.07, 6.45) is -46.0. The fourth-order valence-corrected chi connectivity index (χ4v) is 20.1. The zero-order valence-electron chi connectivity index (χ0n) is 86.3. The van der Waals surface area contributed by atoms with Crippen LogP contribution < -0.4 is 16.0 Å². The van der Waals surface area contributed by atoms with E-state index in [1.807, 2.05) is 6.08 Å². The van der Waals surface area contributed by atoms with Crippen LogP contribution in [0.3, 0.4) is 0 Å². The molecule has 0 aromatic heterocycles. The fourth-order valence-electron chi connectivity index (χ4n) is 20.1. The third-order valence-corrected chi connectivity index (χ3v) is 29.1. The van der Waals surface area contributed by atoms with Crippen LogP contribution in [0.25, 0.3) is 0 Å². The predicted molar refractivity (Wildman–Crippen MR) is 515 cm³/mol. The first-order valence-corrected chi connectivity index (χ1v) is 53.7. The van der Waals surface area contributed by atoms with Crippen molar-refractivity contribution in [3.63, 3.8) is 0 Å². The number of unbranched alkanes of at least 4 members (excludes halogenated alkanes) is 28. The number of hydrogen-bond acceptors (Lipinski definition) is 45. The van der Waals surface area contributed by atoms with E-state index in [1.54, 1.807) is 6.08 Å². The SMILES string of the molecule is CCCCCCCC/C=C\CCCCCCCCCCCCCC(=O)N[C@@H](CO[C@@H]1OC(CO)[C@@H](O[C@@H]2OC(CO)[C@H](O)[C@H](O[C@@H]3OC(CO)[C@@H](O[C@H]4OC(C)[C@@H](O)C(O)[C@@H]4O)[C@H](O[C@@H]4OC(CO)[C@H](O)[C@H](O[C@@H]5OC(CO)[C@@H](O[C@@H]6OC(CO)[C@H](O)[C@H](O)C6O[C@H]6OC(C)[C@@H](O)C(O)[C@@H]6O)[C@H](O[C@H]6OC(C)[C@@H](O)C(O)[C@@H]6O)C5NC(C)=O)C4O)C3NC(C)=O)C2O)[C@H](O)C1O)[C@H](O)/C=C/CCCCCCCCCCCCC. The number of ether oxygens (including phenoxy) is 18. The molecule has 9 fully saturated rings. The van der Waals surface area contributed by atoms with E-state index in [-0.39, 0.29) is 12.3 Å². The van der Waals surface area contributed by atoms with Crippen LogP contribution in [0.15, 0.2) is 24.3 Å². The molecule has 0 bridgehead atoms. The lowest BCUT2D eigenvalue weighted by Crippen LogP contribution is -2.72. The summed E-state index contributed by atoms with van der Waals surface area (Å²) >= 11 is 0. The largest absolute Gasteiger partial charge is 0.394 e. The smallest absolute Gasteiger partial charge is 0.220 e. The molecule has 0 aromatic carbocycles. The van der Waals surface area contributed by atoms with Crippen molar-refractivity contribution in [1.29, 1.82) is 0 Å². The van der Waals surface area contributed by atoms with Crippen LogP contribution in [0.1, 0.15) is 254 Å². The topological polar surface area (TPSA) is 739 Å². The lowest BCUT2D eigenvalue weighted by Gasteiger charge is -2.53. The molecule has 48 heteroatoms. The molecule has 862 valence electrons. The molecule has 27 N–H and O–H groups in total. The molecule has 9 rings (SSSR count). The number of nitrogens with one attached hydrogen (secondary N) is 3. The number of rotatable bonds is 63. The second-order valence-corrected chi connectivity index (χ2v) is 40.8. The lowest BCUT2D eigenvalue weighted by atomic mass is 9.93. The summed E-state index contributed by atoms with van der Waals surface area (Å²) < 4.78 is 111. The number of allylic oxidation sites excluding steroid dienone is 3. The molecule has 9 heterocycles. The second-order valence-electron chi connectivity index (χ2n) is 40.8. The molecule has 18 unspecified atom stereocenters. The Labute approximate surface area is 865 Å². The molecule has 48 nitrogen and oxygen atoms in total. The normalized spacial score (nSPS) is 40.5. The van der Waals surface area contributed by atoms with E-state index in [4.69, 9.17) is 85.3 Å². The van der Waals surface area contributed by atoms with Crippen LogP contribution in [0.5, 0.6) is 0 Å². The number of carbonyl (C=O) groups is 3. The molecule has 0 aromatic rings. The molecule has 0 aliphatic carbocycles. The van der Waals surface area contributed by atoms with Gasteiger partial charge in [-0.2, -0.15) is 0 Å². The van der Waals surface area contributed by atoms with Gasteiger partial charge in [-0.05, 0) is 65.7 Å². The van der Waals surface area contributed by atoms with Crippen LogP contribution in [0.2, 0.25) is 0 Å². The van der Waals surface area contributed by atoms with Gasteiger partial charge < -0.3 is 224 Å². The van der Waals surface area contributed by atoms with Gasteiger partial charge in [0.2, 0.25) is 17.7 Å². The Morgan fingerprint density at radius 3 is 0.939 bits per heavy atom. The van der Waals surface area contributed by atoms with Crippen molar-refractivity contribution in [3.8, 4) is 0 Å². The maximum Gasteiger partial charge on any atom is 0.220 e. The zero-order chi connectivity index (χ0) is 108. The summed E-state index contributed by atoms with van der Waals surface area (Å²) in [6, 6.07) is -5.30. The first kappa shape index (κ1) is 128. The van der Waals surface area contributed by atoms with Gasteiger partial charge in [0.25, 0.3) is 0 Å². The highest BCUT2D eigenvalue weighted by Gasteiger charge is 2.63. The Balaban J connectivity index is 0.929. The average Bonchev–Trinajstić information content (AvgIpc) is 0.754. The summed E-state index contributed by atoms with van der Waals surface area (Å²) in [5.41, 5.74) is 0. The maximum absolute atomic E-state index is 13.9. The van der Waals surface area contributed by atoms with Gasteiger partial charge in [-0.3, -0.25) is 14.4 Å². The van der Waals surface area contributed by atoms with E-state index < -0.39 is 346 Å². The quantitative estimate of drug-likeness (QED) is 0.0205. The average molecular weight is 2140 g/mol. The van der Waals surface area contributed by atoms with Crippen LogP contribution in [0, 0.1) is 0 Å². The van der Waals surface area contributed by atoms with Gasteiger partial charge in [-0.15, -0.1) is 0 Å².